The highest BCUT2D eigenvalue weighted by Crippen LogP contribution is 2.23. The number of nitrogens with zero attached hydrogens (tertiary/aromatic N) is 1. The number of hydrogen-bond donors (Lipinski definition) is 0. The Balaban J connectivity index is 0.000000810. The van der Waals surface area contributed by atoms with E-state index in [1.165, 1.54) is 0 Å². The second kappa shape index (κ2) is 4.56. The van der Waals surface area contributed by atoms with Crippen LogP contribution in [0.5, 0.6) is 0 Å². The van der Waals surface area contributed by atoms with Crippen molar-refractivity contribution in [1.82, 2.24) is 6.15 Å². The van der Waals surface area contributed by atoms with Gasteiger partial charge < -0.3 is 0 Å². The minimum absolute atomic E-state index is 0. The maximum absolute atomic E-state index is 5.57. The highest BCUT2D eigenvalue weighted by molar-refractivity contribution is 6.44. The van der Waals surface area contributed by atoms with Gasteiger partial charge in [-0.1, -0.05) is 30.3 Å². The smallest absolute Gasteiger partial charge is 0.100 e. The predicted molar refractivity (Wildman–Crippen MR) is 43.0 cm³/mol. The van der Waals surface area contributed by atoms with Crippen LogP contribution in [0.1, 0.15) is 10.4 Å². The summed E-state index contributed by atoms with van der Waals surface area (Å²) >= 11 is 11.1. The largest absolute Gasteiger partial charge is 0.132 e. The molecule has 0 aliphatic carbocycles. The normalized spacial score (nSPS) is 9.10. The molecule has 3 radical (unpaired) electrons. The summed E-state index contributed by atoms with van der Waals surface area (Å²) in [4.78, 5) is -0.397. The van der Waals surface area contributed by atoms with Crippen molar-refractivity contribution in [2.24, 2.45) is 0 Å². The number of halogens is 2. The van der Waals surface area contributed by atoms with Gasteiger partial charge in [0.1, 0.15) is 4.84 Å². The summed E-state index contributed by atoms with van der Waals surface area (Å²) in [5, 5.41) is 0. The zero-order valence-corrected chi connectivity index (χ0v) is 6.68. The lowest BCUT2D eigenvalue weighted by Crippen LogP contribution is -1.76. The number of rotatable bonds is 1. The van der Waals surface area contributed by atoms with Gasteiger partial charge in [0.25, 0.3) is 0 Å². The topological polar surface area (TPSA) is 30.5 Å². The quantitative estimate of drug-likeness (QED) is 0.587. The van der Waals surface area contributed by atoms with Crippen LogP contribution in [-0.2, 0) is 0 Å². The predicted octanol–water partition coefficient (Wildman–Crippen LogP) is 2.68. The Morgan fingerprint density at radius 1 is 1.00 bits per heavy atom. The summed E-state index contributed by atoms with van der Waals surface area (Å²) < 4.78 is 0. The van der Waals surface area contributed by atoms with Gasteiger partial charge in [0.2, 0.25) is 0 Å². The molecule has 0 spiro atoms. The molecule has 1 rings (SSSR count). The van der Waals surface area contributed by atoms with Gasteiger partial charge >= 0.3 is 0 Å². The minimum Gasteiger partial charge on any atom is -0.100 e. The van der Waals surface area contributed by atoms with Gasteiger partial charge in [0.15, 0.2) is 0 Å². The van der Waals surface area contributed by atoms with Crippen molar-refractivity contribution < 1.29 is 0 Å². The third kappa shape index (κ3) is 2.56. The highest BCUT2D eigenvalue weighted by atomic mass is 35.5. The molecule has 0 saturated heterocycles. The van der Waals surface area contributed by atoms with Crippen LogP contribution in [0.4, 0.5) is 0 Å². The Morgan fingerprint density at radius 2 is 1.50 bits per heavy atom. The molecule has 0 saturated carbocycles. The molecule has 53 valence electrons. The Hall–Kier alpha value is -0.240. The molecule has 1 nitrogen and oxygen atoms in total. The van der Waals surface area contributed by atoms with Crippen LogP contribution in [-0.4, -0.2) is 0 Å². The van der Waals surface area contributed by atoms with Gasteiger partial charge in [-0.25, -0.2) is 0 Å². The van der Waals surface area contributed by atoms with Gasteiger partial charge in [-0.2, -0.15) is 0 Å². The Labute approximate surface area is 70.5 Å². The summed E-state index contributed by atoms with van der Waals surface area (Å²) in [6.07, 6.45) is 0. The van der Waals surface area contributed by atoms with Crippen molar-refractivity contribution in [2.45, 2.75) is 4.84 Å². The third-order valence-electron chi connectivity index (χ3n) is 1.05. The van der Waals surface area contributed by atoms with Crippen LogP contribution >= 0.6 is 23.2 Å². The van der Waals surface area contributed by atoms with Crippen LogP contribution < -0.4 is 6.15 Å². The molecule has 0 heterocycles. The molecular formula is C7H6Cl2N. The van der Waals surface area contributed by atoms with E-state index >= 15 is 0 Å². The molecular weight excluding hydrogens is 169 g/mol. The van der Waals surface area contributed by atoms with E-state index < -0.39 is 4.84 Å². The number of benzene rings is 1. The highest BCUT2D eigenvalue weighted by Gasteiger charge is 1.98. The van der Waals surface area contributed by atoms with E-state index in [0.717, 1.165) is 5.56 Å². The zero-order valence-electron chi connectivity index (χ0n) is 5.17. The van der Waals surface area contributed by atoms with E-state index in [0.29, 0.717) is 0 Å². The molecule has 0 amide bonds. The maximum atomic E-state index is 5.57. The van der Waals surface area contributed by atoms with Crippen LogP contribution in [0.2, 0.25) is 0 Å². The average molecular weight is 175 g/mol. The van der Waals surface area contributed by atoms with Gasteiger partial charge in [0.05, 0.1) is 0 Å². The van der Waals surface area contributed by atoms with Crippen molar-refractivity contribution in [3.05, 3.63) is 35.9 Å². The Kier molecular flexibility index (Phi) is 4.45. The Bertz CT molecular complexity index is 174. The van der Waals surface area contributed by atoms with E-state index in [4.69, 9.17) is 23.2 Å². The lowest BCUT2D eigenvalue weighted by Gasteiger charge is -1.97. The summed E-state index contributed by atoms with van der Waals surface area (Å²) in [5.41, 5.74) is 0.945. The molecule has 0 aliphatic heterocycles. The number of hydrogen-bond acceptors (Lipinski definition) is 0. The molecule has 3 heteroatoms. The molecule has 0 aromatic heterocycles. The third-order valence-corrected chi connectivity index (χ3v) is 1.56. The molecule has 0 aliphatic rings. The van der Waals surface area contributed by atoms with E-state index in [1.807, 2.05) is 30.3 Å². The SMILES string of the molecule is ClC(Cl)c1ccccc1.[N]. The fraction of sp³-hybridized carbons (Fsp3) is 0.143. The van der Waals surface area contributed by atoms with Gasteiger partial charge in [-0.3, -0.25) is 0 Å². The summed E-state index contributed by atoms with van der Waals surface area (Å²) in [6.45, 7) is 0. The van der Waals surface area contributed by atoms with E-state index in [9.17, 15) is 0 Å². The van der Waals surface area contributed by atoms with E-state index in [2.05, 4.69) is 0 Å². The van der Waals surface area contributed by atoms with Gasteiger partial charge in [-0.05, 0) is 5.56 Å². The molecule has 10 heavy (non-hydrogen) atoms. The molecule has 1 aromatic rings. The van der Waals surface area contributed by atoms with Gasteiger partial charge in [-0.15, -0.1) is 23.2 Å². The van der Waals surface area contributed by atoms with Crippen LogP contribution in [0.15, 0.2) is 30.3 Å². The molecule has 1 aromatic carbocycles. The molecule has 0 unspecified atom stereocenters. The monoisotopic (exact) mass is 174 g/mol. The fourth-order valence-corrected chi connectivity index (χ4v) is 0.889. The van der Waals surface area contributed by atoms with Crippen molar-refractivity contribution in [3.63, 3.8) is 0 Å². The second-order valence-electron chi connectivity index (χ2n) is 1.71. The molecule has 0 atom stereocenters. The lowest BCUT2D eigenvalue weighted by atomic mass is 10.2. The summed E-state index contributed by atoms with van der Waals surface area (Å²) in [6, 6.07) is 9.54. The summed E-state index contributed by atoms with van der Waals surface area (Å²) in [7, 11) is 0. The van der Waals surface area contributed by atoms with Crippen molar-refractivity contribution in [2.75, 3.05) is 0 Å². The molecule has 0 bridgehead atoms. The van der Waals surface area contributed by atoms with Crippen LogP contribution in [0, 0.1) is 0 Å². The van der Waals surface area contributed by atoms with E-state index in [-0.39, 0.29) is 6.15 Å². The van der Waals surface area contributed by atoms with Crippen LogP contribution in [0.3, 0.4) is 0 Å². The Morgan fingerprint density at radius 3 is 1.80 bits per heavy atom. The van der Waals surface area contributed by atoms with Crippen molar-refractivity contribution in [3.8, 4) is 0 Å². The first-order valence-electron chi connectivity index (χ1n) is 2.64. The minimum atomic E-state index is -0.397. The first-order valence-corrected chi connectivity index (χ1v) is 3.51. The lowest BCUT2D eigenvalue weighted by molar-refractivity contribution is 1.35. The summed E-state index contributed by atoms with van der Waals surface area (Å²) in [5.74, 6) is 0. The molecule has 0 fully saturated rings. The first kappa shape index (κ1) is 9.76. The number of alkyl halides is 2. The first-order chi connectivity index (χ1) is 4.30. The maximum Gasteiger partial charge on any atom is 0.132 e. The van der Waals surface area contributed by atoms with E-state index in [1.54, 1.807) is 0 Å². The van der Waals surface area contributed by atoms with Crippen molar-refractivity contribution in [1.29, 1.82) is 0 Å². The standard InChI is InChI=1S/C7H6Cl2.N/c8-7(9)6-4-2-1-3-5-6;/h1-5,7H;. The van der Waals surface area contributed by atoms with Crippen molar-refractivity contribution >= 4 is 23.2 Å². The van der Waals surface area contributed by atoms with Gasteiger partial charge in [0, 0.05) is 6.15 Å². The second-order valence-corrected chi connectivity index (χ2v) is 2.81. The fourth-order valence-electron chi connectivity index (χ4n) is 0.599. The molecule has 0 N–H and O–H groups in total. The van der Waals surface area contributed by atoms with Crippen LogP contribution in [0.25, 0.3) is 0 Å². The zero-order chi connectivity index (χ0) is 6.69. The average Bonchev–Trinajstić information content (AvgIpc) is 1.90.